The maximum absolute atomic E-state index is 14.2. The normalized spacial score (nSPS) is 20.1. The molecule has 1 aromatic rings. The monoisotopic (exact) mass is 282 g/mol. The van der Waals surface area contributed by atoms with Gasteiger partial charge in [-0.1, -0.05) is 25.3 Å². The van der Waals surface area contributed by atoms with Crippen molar-refractivity contribution in [2.45, 2.75) is 43.7 Å². The first-order valence-corrected chi connectivity index (χ1v) is 7.31. The predicted molar refractivity (Wildman–Crippen MR) is 77.7 cm³/mol. The summed E-state index contributed by atoms with van der Waals surface area (Å²) in [6.45, 7) is 0. The zero-order valence-corrected chi connectivity index (χ0v) is 12.5. The number of rotatable bonds is 4. The molecule has 1 saturated carbocycles. The van der Waals surface area contributed by atoms with E-state index in [1.165, 1.54) is 24.6 Å². The van der Waals surface area contributed by atoms with Gasteiger partial charge in [-0.05, 0) is 46.1 Å². The summed E-state index contributed by atoms with van der Waals surface area (Å²) < 4.78 is 28.4. The molecule has 0 aliphatic heterocycles. The van der Waals surface area contributed by atoms with E-state index in [1.54, 1.807) is 7.05 Å². The van der Waals surface area contributed by atoms with E-state index in [0.29, 0.717) is 0 Å². The van der Waals surface area contributed by atoms with Crippen LogP contribution in [0.1, 0.15) is 43.7 Å². The molecule has 20 heavy (non-hydrogen) atoms. The Morgan fingerprint density at radius 1 is 1.10 bits per heavy atom. The van der Waals surface area contributed by atoms with Gasteiger partial charge in [-0.2, -0.15) is 0 Å². The van der Waals surface area contributed by atoms with Crippen molar-refractivity contribution >= 4 is 0 Å². The fourth-order valence-electron chi connectivity index (χ4n) is 3.63. The van der Waals surface area contributed by atoms with Crippen LogP contribution in [0.4, 0.5) is 8.78 Å². The van der Waals surface area contributed by atoms with Crippen LogP contribution in [-0.4, -0.2) is 31.6 Å². The molecule has 0 heterocycles. The van der Waals surface area contributed by atoms with Gasteiger partial charge in [0.2, 0.25) is 0 Å². The molecule has 1 N–H and O–H groups in total. The number of nitrogens with zero attached hydrogens (tertiary/aromatic N) is 1. The molecule has 0 radical (unpaired) electrons. The van der Waals surface area contributed by atoms with Gasteiger partial charge < -0.3 is 10.2 Å². The summed E-state index contributed by atoms with van der Waals surface area (Å²) in [5.74, 6) is -0.924. The van der Waals surface area contributed by atoms with Crippen LogP contribution in [0, 0.1) is 11.6 Å². The van der Waals surface area contributed by atoms with Crippen molar-refractivity contribution in [3.63, 3.8) is 0 Å². The van der Waals surface area contributed by atoms with Gasteiger partial charge in [-0.3, -0.25) is 0 Å². The number of hydrogen-bond donors (Lipinski definition) is 1. The van der Waals surface area contributed by atoms with Crippen molar-refractivity contribution in [1.29, 1.82) is 0 Å². The van der Waals surface area contributed by atoms with Crippen LogP contribution in [0.25, 0.3) is 0 Å². The van der Waals surface area contributed by atoms with E-state index in [9.17, 15) is 8.78 Å². The van der Waals surface area contributed by atoms with Crippen molar-refractivity contribution in [2.24, 2.45) is 0 Å². The molecule has 1 aliphatic carbocycles. The standard InChI is InChI=1S/C16H24F2N2/c1-19-15(14-12(17)8-7-9-13(14)18)16(20(2)3)10-5-4-6-11-16/h7-9,15,19H,4-6,10-11H2,1-3H3. The lowest BCUT2D eigenvalue weighted by molar-refractivity contribution is 0.0566. The van der Waals surface area contributed by atoms with Gasteiger partial charge in [0.25, 0.3) is 0 Å². The molecule has 0 aromatic heterocycles. The fourth-order valence-corrected chi connectivity index (χ4v) is 3.63. The molecule has 112 valence electrons. The Morgan fingerprint density at radius 3 is 2.10 bits per heavy atom. The van der Waals surface area contributed by atoms with Gasteiger partial charge in [0.15, 0.2) is 0 Å². The van der Waals surface area contributed by atoms with Gasteiger partial charge in [-0.15, -0.1) is 0 Å². The van der Waals surface area contributed by atoms with Crippen LogP contribution >= 0.6 is 0 Å². The lowest BCUT2D eigenvalue weighted by atomic mass is 9.73. The second-order valence-corrected chi connectivity index (χ2v) is 5.92. The van der Waals surface area contributed by atoms with E-state index in [2.05, 4.69) is 10.2 Å². The Bertz CT molecular complexity index is 434. The summed E-state index contributed by atoms with van der Waals surface area (Å²) in [6.07, 6.45) is 5.32. The van der Waals surface area contributed by atoms with Gasteiger partial charge in [0.05, 0.1) is 6.04 Å². The van der Waals surface area contributed by atoms with Crippen molar-refractivity contribution < 1.29 is 8.78 Å². The zero-order chi connectivity index (χ0) is 14.8. The van der Waals surface area contributed by atoms with E-state index in [4.69, 9.17) is 0 Å². The largest absolute Gasteiger partial charge is 0.311 e. The number of likely N-dealkylation sites (N-methyl/N-ethyl adjacent to an activating group) is 2. The third-order valence-electron chi connectivity index (χ3n) is 4.72. The first-order chi connectivity index (χ1) is 9.53. The Labute approximate surface area is 120 Å². The van der Waals surface area contributed by atoms with Crippen LogP contribution in [-0.2, 0) is 0 Å². The molecule has 2 nitrogen and oxygen atoms in total. The van der Waals surface area contributed by atoms with E-state index in [0.717, 1.165) is 25.7 Å². The molecule has 0 saturated heterocycles. The summed E-state index contributed by atoms with van der Waals surface area (Å²) >= 11 is 0. The van der Waals surface area contributed by atoms with Crippen LogP contribution in [0.2, 0.25) is 0 Å². The minimum Gasteiger partial charge on any atom is -0.311 e. The molecule has 0 amide bonds. The van der Waals surface area contributed by atoms with Gasteiger partial charge in [0, 0.05) is 11.1 Å². The van der Waals surface area contributed by atoms with Crippen molar-refractivity contribution in [3.05, 3.63) is 35.4 Å². The Kier molecular flexibility index (Phi) is 4.76. The average Bonchev–Trinajstić information content (AvgIpc) is 2.43. The quantitative estimate of drug-likeness (QED) is 0.909. The molecule has 4 heteroatoms. The molecule has 1 fully saturated rings. The molecule has 0 bridgehead atoms. The highest BCUT2D eigenvalue weighted by atomic mass is 19.1. The Balaban J connectivity index is 2.48. The molecular formula is C16H24F2N2. The van der Waals surface area contributed by atoms with Crippen LogP contribution in [0.5, 0.6) is 0 Å². The van der Waals surface area contributed by atoms with E-state index < -0.39 is 11.6 Å². The molecule has 0 spiro atoms. The highest BCUT2D eigenvalue weighted by Gasteiger charge is 2.43. The number of benzene rings is 1. The second-order valence-electron chi connectivity index (χ2n) is 5.92. The molecule has 1 unspecified atom stereocenters. The van der Waals surface area contributed by atoms with Crippen molar-refractivity contribution in [1.82, 2.24) is 10.2 Å². The third-order valence-corrected chi connectivity index (χ3v) is 4.72. The highest BCUT2D eigenvalue weighted by Crippen LogP contribution is 2.43. The Hall–Kier alpha value is -1.00. The fraction of sp³-hybridized carbons (Fsp3) is 0.625. The van der Waals surface area contributed by atoms with Gasteiger partial charge in [0.1, 0.15) is 11.6 Å². The summed E-state index contributed by atoms with van der Waals surface area (Å²) in [6, 6.07) is 3.77. The summed E-state index contributed by atoms with van der Waals surface area (Å²) in [5.41, 5.74) is -0.0543. The van der Waals surface area contributed by atoms with E-state index >= 15 is 0 Å². The maximum atomic E-state index is 14.2. The highest BCUT2D eigenvalue weighted by molar-refractivity contribution is 5.27. The van der Waals surface area contributed by atoms with E-state index in [-0.39, 0.29) is 17.1 Å². The molecular weight excluding hydrogens is 258 g/mol. The first kappa shape index (κ1) is 15.4. The summed E-state index contributed by atoms with van der Waals surface area (Å²) in [5, 5.41) is 3.17. The minimum absolute atomic E-state index is 0.172. The summed E-state index contributed by atoms with van der Waals surface area (Å²) in [7, 11) is 5.80. The molecule has 2 rings (SSSR count). The second kappa shape index (κ2) is 6.19. The predicted octanol–water partition coefficient (Wildman–Crippen LogP) is 3.49. The maximum Gasteiger partial charge on any atom is 0.130 e. The summed E-state index contributed by atoms with van der Waals surface area (Å²) in [4.78, 5) is 2.14. The SMILES string of the molecule is CNC(c1c(F)cccc1F)C1(N(C)C)CCCCC1. The number of hydrogen-bond acceptors (Lipinski definition) is 2. The van der Waals surface area contributed by atoms with Crippen LogP contribution < -0.4 is 5.32 Å². The average molecular weight is 282 g/mol. The third kappa shape index (κ3) is 2.59. The van der Waals surface area contributed by atoms with E-state index in [1.807, 2.05) is 14.1 Å². The molecule has 1 aliphatic rings. The Morgan fingerprint density at radius 2 is 1.65 bits per heavy atom. The molecule has 1 atom stereocenters. The number of halogens is 2. The van der Waals surface area contributed by atoms with Crippen molar-refractivity contribution in [2.75, 3.05) is 21.1 Å². The topological polar surface area (TPSA) is 15.3 Å². The lowest BCUT2D eigenvalue weighted by Crippen LogP contribution is -2.54. The van der Waals surface area contributed by atoms with Gasteiger partial charge in [-0.25, -0.2) is 8.78 Å². The minimum atomic E-state index is -0.462. The lowest BCUT2D eigenvalue weighted by Gasteiger charge is -2.48. The number of nitrogens with one attached hydrogen (secondary N) is 1. The smallest absolute Gasteiger partial charge is 0.130 e. The van der Waals surface area contributed by atoms with Crippen LogP contribution in [0.3, 0.4) is 0 Å². The first-order valence-electron chi connectivity index (χ1n) is 7.31. The zero-order valence-electron chi connectivity index (χ0n) is 12.5. The van der Waals surface area contributed by atoms with Gasteiger partial charge >= 0.3 is 0 Å². The van der Waals surface area contributed by atoms with Crippen molar-refractivity contribution in [3.8, 4) is 0 Å². The molecule has 1 aromatic carbocycles. The van der Waals surface area contributed by atoms with Crippen LogP contribution in [0.15, 0.2) is 18.2 Å².